The van der Waals surface area contributed by atoms with Crippen LogP contribution in [0.15, 0.2) is 59.5 Å². The van der Waals surface area contributed by atoms with Crippen molar-refractivity contribution >= 4 is 21.6 Å². The third-order valence-corrected chi connectivity index (χ3v) is 5.65. The molecule has 2 rings (SSSR count). The molecule has 0 saturated carbocycles. The van der Waals surface area contributed by atoms with Crippen LogP contribution in [0, 0.1) is 0 Å². The molecular weight excluding hydrogens is 338 g/mol. The number of para-hydroxylation sites is 1. The highest BCUT2D eigenvalue weighted by Gasteiger charge is 2.26. The van der Waals surface area contributed by atoms with E-state index in [1.807, 2.05) is 6.07 Å². The Morgan fingerprint density at radius 2 is 1.68 bits per heavy atom. The molecule has 0 aromatic heterocycles. The van der Waals surface area contributed by atoms with Gasteiger partial charge in [-0.1, -0.05) is 30.3 Å². The Kier molecular flexibility index (Phi) is 6.55. The van der Waals surface area contributed by atoms with Crippen LogP contribution in [0.25, 0.3) is 0 Å². The maximum absolute atomic E-state index is 13.0. The Hall–Kier alpha value is -2.38. The lowest BCUT2D eigenvalue weighted by atomic mass is 10.2. The zero-order chi connectivity index (χ0) is 18.3. The maximum Gasteiger partial charge on any atom is 0.264 e. The summed E-state index contributed by atoms with van der Waals surface area (Å²) >= 11 is 0. The number of nitrogens with zero attached hydrogens (tertiary/aromatic N) is 1. The van der Waals surface area contributed by atoms with Crippen LogP contribution in [0.1, 0.15) is 23.2 Å². The van der Waals surface area contributed by atoms with E-state index in [0.717, 1.165) is 12.8 Å². The van der Waals surface area contributed by atoms with Crippen LogP contribution in [-0.2, 0) is 10.0 Å². The van der Waals surface area contributed by atoms with Crippen LogP contribution in [0.4, 0.5) is 5.69 Å². The molecule has 0 saturated heterocycles. The van der Waals surface area contributed by atoms with Crippen LogP contribution < -0.4 is 15.4 Å². The van der Waals surface area contributed by atoms with Gasteiger partial charge in [0.1, 0.15) is 4.90 Å². The minimum absolute atomic E-state index is 0.0160. The summed E-state index contributed by atoms with van der Waals surface area (Å²) in [6.45, 7) is 1.02. The molecular formula is C18H23N3O3S. The number of carbonyl (C=O) groups is 1. The molecule has 0 aliphatic rings. The Morgan fingerprint density at radius 3 is 2.36 bits per heavy atom. The first-order valence-corrected chi connectivity index (χ1v) is 9.53. The van der Waals surface area contributed by atoms with Gasteiger partial charge in [0.05, 0.1) is 11.3 Å². The largest absolute Gasteiger partial charge is 0.352 e. The Bertz CT molecular complexity index is 807. The lowest BCUT2D eigenvalue weighted by Gasteiger charge is -2.21. The molecule has 6 nitrogen and oxygen atoms in total. The normalized spacial score (nSPS) is 11.1. The first kappa shape index (κ1) is 19.0. The topological polar surface area (TPSA) is 92.5 Å². The van der Waals surface area contributed by atoms with Crippen molar-refractivity contribution < 1.29 is 13.2 Å². The first-order chi connectivity index (χ1) is 12.0. The Morgan fingerprint density at radius 1 is 1.04 bits per heavy atom. The van der Waals surface area contributed by atoms with E-state index in [2.05, 4.69) is 5.32 Å². The van der Waals surface area contributed by atoms with Crippen LogP contribution in [0.3, 0.4) is 0 Å². The SMILES string of the molecule is CN(c1ccccc1)S(=O)(=O)c1ccccc1C(=O)NCCCCN. The molecule has 3 N–H and O–H groups in total. The van der Waals surface area contributed by atoms with E-state index < -0.39 is 15.9 Å². The number of sulfonamides is 1. The number of benzene rings is 2. The van der Waals surface area contributed by atoms with Gasteiger partial charge in [-0.25, -0.2) is 8.42 Å². The minimum atomic E-state index is -3.85. The summed E-state index contributed by atoms with van der Waals surface area (Å²) in [6.07, 6.45) is 1.55. The second kappa shape index (κ2) is 8.64. The van der Waals surface area contributed by atoms with Gasteiger partial charge in [0.2, 0.25) is 0 Å². The minimum Gasteiger partial charge on any atom is -0.352 e. The molecule has 0 radical (unpaired) electrons. The smallest absolute Gasteiger partial charge is 0.264 e. The van der Waals surface area contributed by atoms with Crippen molar-refractivity contribution in [3.8, 4) is 0 Å². The van der Waals surface area contributed by atoms with Crippen molar-refractivity contribution in [2.24, 2.45) is 5.73 Å². The van der Waals surface area contributed by atoms with Crippen molar-refractivity contribution in [1.29, 1.82) is 0 Å². The van der Waals surface area contributed by atoms with E-state index in [1.165, 1.54) is 23.5 Å². The molecule has 0 spiro atoms. The third-order valence-electron chi connectivity index (χ3n) is 3.81. The zero-order valence-corrected chi connectivity index (χ0v) is 15.0. The molecule has 2 aromatic carbocycles. The van der Waals surface area contributed by atoms with Crippen molar-refractivity contribution in [3.05, 3.63) is 60.2 Å². The molecule has 0 aliphatic heterocycles. The van der Waals surface area contributed by atoms with Crippen molar-refractivity contribution in [3.63, 3.8) is 0 Å². The molecule has 0 bridgehead atoms. The summed E-state index contributed by atoms with van der Waals surface area (Å²) in [7, 11) is -2.38. The predicted octanol–water partition coefficient (Wildman–Crippen LogP) is 1.98. The van der Waals surface area contributed by atoms with Gasteiger partial charge in [0.25, 0.3) is 15.9 Å². The summed E-state index contributed by atoms with van der Waals surface area (Å²) < 4.78 is 27.1. The van der Waals surface area contributed by atoms with E-state index in [1.54, 1.807) is 36.4 Å². The number of hydrogen-bond acceptors (Lipinski definition) is 4. The standard InChI is InChI=1S/C18H23N3O3S/c1-21(15-9-3-2-4-10-15)25(23,24)17-12-6-5-11-16(17)18(22)20-14-8-7-13-19/h2-6,9-12H,7-8,13-14,19H2,1H3,(H,20,22). The lowest BCUT2D eigenvalue weighted by Crippen LogP contribution is -2.31. The molecule has 134 valence electrons. The summed E-state index contributed by atoms with van der Waals surface area (Å²) in [5.41, 5.74) is 6.09. The molecule has 0 heterocycles. The van der Waals surface area contributed by atoms with E-state index in [0.29, 0.717) is 18.8 Å². The number of rotatable bonds is 8. The highest BCUT2D eigenvalue weighted by atomic mass is 32.2. The summed E-state index contributed by atoms with van der Waals surface area (Å²) in [5.74, 6) is -0.405. The number of nitrogens with one attached hydrogen (secondary N) is 1. The number of amides is 1. The van der Waals surface area contributed by atoms with Crippen LogP contribution in [-0.4, -0.2) is 34.5 Å². The highest BCUT2D eigenvalue weighted by Crippen LogP contribution is 2.24. The Balaban J connectivity index is 2.28. The molecule has 7 heteroatoms. The van der Waals surface area contributed by atoms with Crippen LogP contribution >= 0.6 is 0 Å². The second-order valence-corrected chi connectivity index (χ2v) is 7.49. The molecule has 0 aliphatic carbocycles. The monoisotopic (exact) mass is 361 g/mol. The van der Waals surface area contributed by atoms with E-state index in [4.69, 9.17) is 5.73 Å². The van der Waals surface area contributed by atoms with Gasteiger partial charge in [-0.2, -0.15) is 0 Å². The average Bonchev–Trinajstić information content (AvgIpc) is 2.65. The number of hydrogen-bond donors (Lipinski definition) is 2. The first-order valence-electron chi connectivity index (χ1n) is 8.09. The van der Waals surface area contributed by atoms with E-state index >= 15 is 0 Å². The molecule has 2 aromatic rings. The predicted molar refractivity (Wildman–Crippen MR) is 99.1 cm³/mol. The lowest BCUT2D eigenvalue weighted by molar-refractivity contribution is 0.0949. The van der Waals surface area contributed by atoms with Crippen molar-refractivity contribution in [1.82, 2.24) is 5.32 Å². The molecule has 0 atom stereocenters. The van der Waals surface area contributed by atoms with E-state index in [-0.39, 0.29) is 10.5 Å². The molecule has 1 amide bonds. The van der Waals surface area contributed by atoms with Crippen LogP contribution in [0.5, 0.6) is 0 Å². The quantitative estimate of drug-likeness (QED) is 0.703. The zero-order valence-electron chi connectivity index (χ0n) is 14.2. The van der Waals surface area contributed by atoms with Gasteiger partial charge in [0, 0.05) is 13.6 Å². The summed E-state index contributed by atoms with van der Waals surface area (Å²) in [5, 5.41) is 2.75. The third kappa shape index (κ3) is 4.58. The second-order valence-electron chi connectivity index (χ2n) is 5.56. The Labute approximate surface area is 148 Å². The fourth-order valence-corrected chi connectivity index (χ4v) is 3.75. The van der Waals surface area contributed by atoms with Gasteiger partial charge < -0.3 is 11.1 Å². The van der Waals surface area contributed by atoms with Gasteiger partial charge in [0.15, 0.2) is 0 Å². The summed E-state index contributed by atoms with van der Waals surface area (Å²) in [4.78, 5) is 12.4. The number of carbonyl (C=O) groups excluding carboxylic acids is 1. The van der Waals surface area contributed by atoms with E-state index in [9.17, 15) is 13.2 Å². The van der Waals surface area contributed by atoms with Gasteiger partial charge >= 0.3 is 0 Å². The van der Waals surface area contributed by atoms with Crippen LogP contribution in [0.2, 0.25) is 0 Å². The van der Waals surface area contributed by atoms with Gasteiger partial charge in [-0.3, -0.25) is 9.10 Å². The van der Waals surface area contributed by atoms with Gasteiger partial charge in [-0.05, 0) is 43.7 Å². The molecule has 0 fully saturated rings. The average molecular weight is 361 g/mol. The maximum atomic E-state index is 13.0. The van der Waals surface area contributed by atoms with Crippen molar-refractivity contribution in [2.45, 2.75) is 17.7 Å². The summed E-state index contributed by atoms with van der Waals surface area (Å²) in [6, 6.07) is 15.0. The number of anilines is 1. The fraction of sp³-hybridized carbons (Fsp3) is 0.278. The molecule has 25 heavy (non-hydrogen) atoms. The number of unbranched alkanes of at least 4 members (excludes halogenated alkanes) is 1. The fourth-order valence-electron chi connectivity index (χ4n) is 2.37. The van der Waals surface area contributed by atoms with Gasteiger partial charge in [-0.15, -0.1) is 0 Å². The van der Waals surface area contributed by atoms with Crippen molar-refractivity contribution in [2.75, 3.05) is 24.4 Å². The highest BCUT2D eigenvalue weighted by molar-refractivity contribution is 7.92. The number of nitrogens with two attached hydrogens (primary N) is 1. The molecule has 0 unspecified atom stereocenters.